The number of rotatable bonds is 4. The van der Waals surface area contributed by atoms with Crippen molar-refractivity contribution < 1.29 is 13.6 Å². The third-order valence-electron chi connectivity index (χ3n) is 4.35. The van der Waals surface area contributed by atoms with Crippen molar-refractivity contribution >= 4 is 5.91 Å². The van der Waals surface area contributed by atoms with Crippen molar-refractivity contribution in [1.29, 1.82) is 0 Å². The van der Waals surface area contributed by atoms with E-state index >= 15 is 0 Å². The van der Waals surface area contributed by atoms with Gasteiger partial charge in [0, 0.05) is 18.5 Å². The Bertz CT molecular complexity index is 872. The predicted molar refractivity (Wildman–Crippen MR) is 94.7 cm³/mol. The maximum Gasteiger partial charge on any atom is 0.254 e. The van der Waals surface area contributed by atoms with Gasteiger partial charge < -0.3 is 4.90 Å². The maximum absolute atomic E-state index is 13.4. The topological polar surface area (TPSA) is 55.2 Å². The molecule has 0 aliphatic carbocycles. The van der Waals surface area contributed by atoms with Gasteiger partial charge in [0.25, 0.3) is 5.56 Å². The van der Waals surface area contributed by atoms with Gasteiger partial charge in [-0.25, -0.2) is 13.8 Å². The predicted octanol–water partition coefficient (Wildman–Crippen LogP) is 3.04. The molecule has 0 saturated carbocycles. The quantitative estimate of drug-likeness (QED) is 0.839. The summed E-state index contributed by atoms with van der Waals surface area (Å²) in [6.07, 6.45) is 1.36. The molecule has 0 bridgehead atoms. The summed E-state index contributed by atoms with van der Waals surface area (Å²) in [5.74, 6) is -2.24. The summed E-state index contributed by atoms with van der Waals surface area (Å²) in [5.41, 5.74) is 0.537. The molecule has 1 unspecified atom stereocenters. The number of carbonyl (C=O) groups excluding carboxylic acids is 1. The van der Waals surface area contributed by atoms with Crippen LogP contribution >= 0.6 is 0 Å². The molecule has 1 atom stereocenters. The zero-order valence-electron chi connectivity index (χ0n) is 15.6. The summed E-state index contributed by atoms with van der Waals surface area (Å²) in [4.78, 5) is 30.3. The van der Waals surface area contributed by atoms with Crippen LogP contribution in [-0.2, 0) is 16.8 Å². The minimum absolute atomic E-state index is 0.180. The van der Waals surface area contributed by atoms with Gasteiger partial charge in [-0.15, -0.1) is 0 Å². The lowest BCUT2D eigenvalue weighted by atomic mass is 9.92. The van der Waals surface area contributed by atoms with E-state index in [-0.39, 0.29) is 23.4 Å². The van der Waals surface area contributed by atoms with Gasteiger partial charge in [0.1, 0.15) is 6.54 Å². The van der Waals surface area contributed by atoms with Crippen LogP contribution in [0.15, 0.2) is 35.4 Å². The molecule has 140 valence electrons. The lowest BCUT2D eigenvalue weighted by Gasteiger charge is -2.26. The SMILES string of the molecule is CC(c1ccc(F)c(F)c1)N(C)C(=O)Cn1cnc(C(C)(C)C)cc1=O. The highest BCUT2D eigenvalue weighted by molar-refractivity contribution is 5.76. The second-order valence-corrected chi connectivity index (χ2v) is 7.34. The molecule has 2 aromatic rings. The molecule has 2 rings (SSSR count). The molecule has 0 saturated heterocycles. The highest BCUT2D eigenvalue weighted by Crippen LogP contribution is 2.21. The summed E-state index contributed by atoms with van der Waals surface area (Å²) in [7, 11) is 1.55. The molecule has 1 aromatic heterocycles. The normalized spacial score (nSPS) is 12.7. The summed E-state index contributed by atoms with van der Waals surface area (Å²) in [6.45, 7) is 7.36. The largest absolute Gasteiger partial charge is 0.337 e. The minimum atomic E-state index is -0.964. The fourth-order valence-electron chi connectivity index (χ4n) is 2.42. The number of hydrogen-bond donors (Lipinski definition) is 0. The van der Waals surface area contributed by atoms with E-state index in [9.17, 15) is 18.4 Å². The molecule has 0 N–H and O–H groups in total. The van der Waals surface area contributed by atoms with Crippen molar-refractivity contribution in [2.75, 3.05) is 7.05 Å². The van der Waals surface area contributed by atoms with Crippen LogP contribution in [0.4, 0.5) is 8.78 Å². The van der Waals surface area contributed by atoms with Crippen LogP contribution in [0.2, 0.25) is 0 Å². The van der Waals surface area contributed by atoms with E-state index in [4.69, 9.17) is 0 Å². The molecular formula is C19H23F2N3O2. The molecule has 0 aliphatic rings. The lowest BCUT2D eigenvalue weighted by Crippen LogP contribution is -2.36. The molecule has 1 amide bonds. The highest BCUT2D eigenvalue weighted by Gasteiger charge is 2.21. The zero-order chi connectivity index (χ0) is 19.6. The van der Waals surface area contributed by atoms with Crippen LogP contribution in [0.1, 0.15) is 45.0 Å². The number of likely N-dealkylation sites (N-methyl/N-ethyl adjacent to an activating group) is 1. The third kappa shape index (κ3) is 4.33. The molecule has 26 heavy (non-hydrogen) atoms. The van der Waals surface area contributed by atoms with Crippen LogP contribution in [-0.4, -0.2) is 27.4 Å². The fraction of sp³-hybridized carbons (Fsp3) is 0.421. The Hall–Kier alpha value is -2.57. The lowest BCUT2D eigenvalue weighted by molar-refractivity contribution is -0.132. The number of hydrogen-bond acceptors (Lipinski definition) is 3. The number of nitrogens with zero attached hydrogens (tertiary/aromatic N) is 3. The second kappa shape index (κ2) is 7.35. The summed E-state index contributed by atoms with van der Waals surface area (Å²) >= 11 is 0. The van der Waals surface area contributed by atoms with Gasteiger partial charge in [0.05, 0.1) is 18.1 Å². The van der Waals surface area contributed by atoms with Gasteiger partial charge in [0.15, 0.2) is 11.6 Å². The van der Waals surface area contributed by atoms with Crippen molar-refractivity contribution in [3.05, 3.63) is 63.8 Å². The summed E-state index contributed by atoms with van der Waals surface area (Å²) in [5, 5.41) is 0. The number of carbonyl (C=O) groups is 1. The van der Waals surface area contributed by atoms with E-state index in [0.29, 0.717) is 11.3 Å². The average Bonchev–Trinajstić information content (AvgIpc) is 2.56. The molecule has 0 aliphatic heterocycles. The van der Waals surface area contributed by atoms with E-state index in [1.807, 2.05) is 20.8 Å². The standard InChI is InChI=1S/C19H23F2N3O2/c1-12(13-6-7-14(20)15(21)8-13)23(5)18(26)10-24-11-22-16(9-17(24)25)19(2,3)4/h6-9,11-12H,10H2,1-5H3. The smallest absolute Gasteiger partial charge is 0.254 e. The first kappa shape index (κ1) is 19.8. The van der Waals surface area contributed by atoms with Crippen LogP contribution in [0.3, 0.4) is 0 Å². The van der Waals surface area contributed by atoms with Gasteiger partial charge >= 0.3 is 0 Å². The Kier molecular flexibility index (Phi) is 5.59. The number of halogens is 2. The second-order valence-electron chi connectivity index (χ2n) is 7.34. The number of benzene rings is 1. The van der Waals surface area contributed by atoms with E-state index in [2.05, 4.69) is 4.98 Å². The van der Waals surface area contributed by atoms with E-state index in [0.717, 1.165) is 12.1 Å². The van der Waals surface area contributed by atoms with Crippen LogP contribution in [0.5, 0.6) is 0 Å². The fourth-order valence-corrected chi connectivity index (χ4v) is 2.42. The molecule has 0 spiro atoms. The zero-order valence-corrected chi connectivity index (χ0v) is 15.6. The first-order valence-electron chi connectivity index (χ1n) is 8.28. The third-order valence-corrected chi connectivity index (χ3v) is 4.35. The average molecular weight is 363 g/mol. The van der Waals surface area contributed by atoms with Crippen molar-refractivity contribution in [1.82, 2.24) is 14.5 Å². The molecule has 1 aromatic carbocycles. The highest BCUT2D eigenvalue weighted by atomic mass is 19.2. The van der Waals surface area contributed by atoms with Crippen molar-refractivity contribution in [3.8, 4) is 0 Å². The summed E-state index contributed by atoms with van der Waals surface area (Å²) in [6, 6.07) is 4.47. The number of amides is 1. The number of aromatic nitrogens is 2. The van der Waals surface area contributed by atoms with E-state index < -0.39 is 17.7 Å². The first-order valence-corrected chi connectivity index (χ1v) is 8.28. The van der Waals surface area contributed by atoms with Crippen LogP contribution in [0.25, 0.3) is 0 Å². The Morgan fingerprint density at radius 1 is 1.23 bits per heavy atom. The van der Waals surface area contributed by atoms with Gasteiger partial charge in [-0.3, -0.25) is 14.2 Å². The molecule has 0 radical (unpaired) electrons. The Balaban J connectivity index is 2.16. The van der Waals surface area contributed by atoms with Crippen molar-refractivity contribution in [2.45, 2.75) is 45.7 Å². The summed E-state index contributed by atoms with van der Waals surface area (Å²) < 4.78 is 27.7. The van der Waals surface area contributed by atoms with Crippen LogP contribution in [0, 0.1) is 11.6 Å². The van der Waals surface area contributed by atoms with Gasteiger partial charge in [-0.2, -0.15) is 0 Å². The first-order chi connectivity index (χ1) is 12.0. The van der Waals surface area contributed by atoms with E-state index in [1.165, 1.54) is 27.9 Å². The maximum atomic E-state index is 13.4. The van der Waals surface area contributed by atoms with E-state index in [1.54, 1.807) is 14.0 Å². The van der Waals surface area contributed by atoms with Crippen molar-refractivity contribution in [3.63, 3.8) is 0 Å². The molecule has 0 fully saturated rings. The molecular weight excluding hydrogens is 340 g/mol. The van der Waals surface area contributed by atoms with Crippen molar-refractivity contribution in [2.24, 2.45) is 0 Å². The van der Waals surface area contributed by atoms with Gasteiger partial charge in [0.2, 0.25) is 5.91 Å². The Labute approximate surface area is 151 Å². The molecule has 1 heterocycles. The molecule has 5 nitrogen and oxygen atoms in total. The Morgan fingerprint density at radius 3 is 2.42 bits per heavy atom. The van der Waals surface area contributed by atoms with Gasteiger partial charge in [-0.1, -0.05) is 26.8 Å². The minimum Gasteiger partial charge on any atom is -0.337 e. The van der Waals surface area contributed by atoms with Gasteiger partial charge in [-0.05, 0) is 24.6 Å². The monoisotopic (exact) mass is 363 g/mol. The molecule has 7 heteroatoms. The van der Waals surface area contributed by atoms with Crippen LogP contribution < -0.4 is 5.56 Å². The Morgan fingerprint density at radius 2 is 1.88 bits per heavy atom.